The number of carboxylic acid groups (broad SMARTS) is 1. The number of thioether (sulfide) groups is 1. The normalized spacial score (nSPS) is 18.3. The first-order valence-corrected chi connectivity index (χ1v) is 13.8. The molecule has 3 aromatic rings. The van der Waals surface area contributed by atoms with E-state index >= 15 is 0 Å². The van der Waals surface area contributed by atoms with Gasteiger partial charge >= 0.3 is 5.97 Å². The predicted octanol–water partition coefficient (Wildman–Crippen LogP) is 7.55. The van der Waals surface area contributed by atoms with E-state index in [0.717, 1.165) is 36.8 Å². The van der Waals surface area contributed by atoms with Crippen LogP contribution in [-0.2, 0) is 11.4 Å². The SMILES string of the molecule is O=C(O)c1cccc(N=C2S/C(=C\c3ccc(OCc4ccccc4Cl)cc3)C(=O)N2C2CCCCC2)c1. The Balaban J connectivity index is 1.37. The molecule has 3 aromatic carbocycles. The van der Waals surface area contributed by atoms with E-state index in [1.807, 2.05) is 59.5 Å². The molecule has 6 nitrogen and oxygen atoms in total. The zero-order valence-corrected chi connectivity index (χ0v) is 22.3. The Labute approximate surface area is 231 Å². The maximum atomic E-state index is 13.6. The molecule has 0 bridgehead atoms. The molecule has 1 aliphatic carbocycles. The minimum Gasteiger partial charge on any atom is -0.489 e. The van der Waals surface area contributed by atoms with Gasteiger partial charge in [0.05, 0.1) is 16.2 Å². The Hall–Kier alpha value is -3.55. The molecule has 1 saturated heterocycles. The molecule has 2 fully saturated rings. The van der Waals surface area contributed by atoms with Gasteiger partial charge in [-0.1, -0.05) is 67.3 Å². The summed E-state index contributed by atoms with van der Waals surface area (Å²) in [6.45, 7) is 0.369. The second-order valence-corrected chi connectivity index (χ2v) is 10.7. The molecule has 1 N–H and O–H groups in total. The molecule has 1 aliphatic heterocycles. The fourth-order valence-corrected chi connectivity index (χ4v) is 5.88. The molecule has 8 heteroatoms. The van der Waals surface area contributed by atoms with Crippen LogP contribution in [0.5, 0.6) is 5.75 Å². The number of halogens is 1. The zero-order chi connectivity index (χ0) is 26.5. The van der Waals surface area contributed by atoms with Crippen molar-refractivity contribution in [3.8, 4) is 5.75 Å². The molecule has 0 aromatic heterocycles. The van der Waals surface area contributed by atoms with Crippen LogP contribution in [0.3, 0.4) is 0 Å². The standard InChI is InChI=1S/C30H27ClN2O4S/c31-26-12-5-4-7-22(26)19-37-25-15-13-20(14-16-25)17-27-28(34)33(24-10-2-1-3-11-24)30(38-27)32-23-9-6-8-21(18-23)29(35)36/h4-9,12-18,24H,1-3,10-11,19H2,(H,35,36)/b27-17-,32-30?. The van der Waals surface area contributed by atoms with Gasteiger partial charge in [-0.15, -0.1) is 0 Å². The topological polar surface area (TPSA) is 79.2 Å². The molecule has 38 heavy (non-hydrogen) atoms. The minimum absolute atomic E-state index is 0.0610. The quantitative estimate of drug-likeness (QED) is 0.309. The lowest BCUT2D eigenvalue weighted by Crippen LogP contribution is -2.40. The summed E-state index contributed by atoms with van der Waals surface area (Å²) in [5, 5.41) is 10.6. The molecule has 1 saturated carbocycles. The molecule has 0 radical (unpaired) electrons. The second-order valence-electron chi connectivity index (χ2n) is 9.28. The largest absolute Gasteiger partial charge is 0.489 e. The number of hydrogen-bond donors (Lipinski definition) is 1. The van der Waals surface area contributed by atoms with Crippen molar-refractivity contribution < 1.29 is 19.4 Å². The molecular weight excluding hydrogens is 520 g/mol. The van der Waals surface area contributed by atoms with Crippen LogP contribution >= 0.6 is 23.4 Å². The van der Waals surface area contributed by atoms with Crippen molar-refractivity contribution in [3.63, 3.8) is 0 Å². The van der Waals surface area contributed by atoms with Gasteiger partial charge in [0, 0.05) is 16.6 Å². The molecular formula is C30H27ClN2O4S. The van der Waals surface area contributed by atoms with E-state index in [-0.39, 0.29) is 17.5 Å². The lowest BCUT2D eigenvalue weighted by atomic mass is 9.94. The molecule has 1 amide bonds. The molecule has 2 aliphatic rings. The van der Waals surface area contributed by atoms with Crippen LogP contribution in [0.4, 0.5) is 5.69 Å². The average molecular weight is 547 g/mol. The first-order valence-electron chi connectivity index (χ1n) is 12.6. The van der Waals surface area contributed by atoms with Gasteiger partial charge in [-0.2, -0.15) is 0 Å². The summed E-state index contributed by atoms with van der Waals surface area (Å²) in [4.78, 5) is 32.1. The van der Waals surface area contributed by atoms with Gasteiger partial charge in [-0.25, -0.2) is 9.79 Å². The summed E-state index contributed by atoms with van der Waals surface area (Å²) in [5.41, 5.74) is 2.47. The van der Waals surface area contributed by atoms with Crippen molar-refractivity contribution in [2.45, 2.75) is 44.8 Å². The van der Waals surface area contributed by atoms with Crippen LogP contribution in [0.15, 0.2) is 82.7 Å². The molecule has 0 spiro atoms. The Morgan fingerprint density at radius 3 is 2.55 bits per heavy atom. The van der Waals surface area contributed by atoms with Gasteiger partial charge in [0.15, 0.2) is 5.17 Å². The minimum atomic E-state index is -1.01. The molecule has 194 valence electrons. The van der Waals surface area contributed by atoms with Gasteiger partial charge in [0.2, 0.25) is 0 Å². The molecule has 1 heterocycles. The lowest BCUT2D eigenvalue weighted by Gasteiger charge is -2.30. The Bertz CT molecular complexity index is 1400. The van der Waals surface area contributed by atoms with Crippen LogP contribution in [-0.4, -0.2) is 33.1 Å². The van der Waals surface area contributed by atoms with Crippen LogP contribution in [0, 0.1) is 0 Å². The van der Waals surface area contributed by atoms with E-state index < -0.39 is 5.97 Å². The summed E-state index contributed by atoms with van der Waals surface area (Å²) in [7, 11) is 0. The smallest absolute Gasteiger partial charge is 0.335 e. The Morgan fingerprint density at radius 2 is 1.82 bits per heavy atom. The third-order valence-corrected chi connectivity index (χ3v) is 7.98. The van der Waals surface area contributed by atoms with Crippen LogP contribution in [0.2, 0.25) is 5.02 Å². The highest BCUT2D eigenvalue weighted by Gasteiger charge is 2.38. The third-order valence-electron chi connectivity index (χ3n) is 6.62. The Morgan fingerprint density at radius 1 is 1.05 bits per heavy atom. The van der Waals surface area contributed by atoms with Crippen molar-refractivity contribution >= 4 is 52.2 Å². The van der Waals surface area contributed by atoms with Crippen molar-refractivity contribution in [3.05, 3.63) is 99.4 Å². The zero-order valence-electron chi connectivity index (χ0n) is 20.7. The number of rotatable bonds is 7. The van der Waals surface area contributed by atoms with E-state index in [0.29, 0.717) is 33.1 Å². The third kappa shape index (κ3) is 6.11. The highest BCUT2D eigenvalue weighted by Crippen LogP contribution is 2.38. The molecule has 5 rings (SSSR count). The highest BCUT2D eigenvalue weighted by atomic mass is 35.5. The van der Waals surface area contributed by atoms with Gasteiger partial charge in [0.25, 0.3) is 5.91 Å². The van der Waals surface area contributed by atoms with E-state index in [9.17, 15) is 14.7 Å². The van der Waals surface area contributed by atoms with Gasteiger partial charge in [-0.3, -0.25) is 9.69 Å². The molecule has 0 unspecified atom stereocenters. The summed E-state index contributed by atoms with van der Waals surface area (Å²) < 4.78 is 5.88. The number of benzene rings is 3. The van der Waals surface area contributed by atoms with E-state index in [1.165, 1.54) is 30.3 Å². The number of carbonyl (C=O) groups excluding carboxylic acids is 1. The number of aliphatic imine (C=N–C) groups is 1. The van der Waals surface area contributed by atoms with Gasteiger partial charge in [-0.05, 0) is 72.6 Å². The van der Waals surface area contributed by atoms with E-state index in [4.69, 9.17) is 21.3 Å². The summed E-state index contributed by atoms with van der Waals surface area (Å²) in [6.07, 6.45) is 7.07. The molecule has 0 atom stereocenters. The van der Waals surface area contributed by atoms with Crippen molar-refractivity contribution in [2.24, 2.45) is 4.99 Å². The summed E-state index contributed by atoms with van der Waals surface area (Å²) >= 11 is 7.55. The number of nitrogens with zero attached hydrogens (tertiary/aromatic N) is 2. The maximum absolute atomic E-state index is 13.6. The number of amidine groups is 1. The van der Waals surface area contributed by atoms with E-state index in [1.54, 1.807) is 12.1 Å². The van der Waals surface area contributed by atoms with Crippen LogP contribution in [0.25, 0.3) is 6.08 Å². The monoisotopic (exact) mass is 546 g/mol. The van der Waals surface area contributed by atoms with Crippen molar-refractivity contribution in [1.29, 1.82) is 0 Å². The fourth-order valence-electron chi connectivity index (χ4n) is 4.63. The second kappa shape index (κ2) is 11.9. The lowest BCUT2D eigenvalue weighted by molar-refractivity contribution is -0.124. The number of carboxylic acids is 1. The Kier molecular flexibility index (Phi) is 8.15. The maximum Gasteiger partial charge on any atom is 0.335 e. The number of amides is 1. The number of ether oxygens (including phenoxy) is 1. The van der Waals surface area contributed by atoms with E-state index in [2.05, 4.69) is 0 Å². The number of aromatic carboxylic acids is 1. The predicted molar refractivity (Wildman–Crippen MR) is 152 cm³/mol. The first kappa shape index (κ1) is 26.1. The summed E-state index contributed by atoms with van der Waals surface area (Å²) in [5.74, 6) is -0.359. The highest BCUT2D eigenvalue weighted by molar-refractivity contribution is 8.18. The van der Waals surface area contributed by atoms with Gasteiger partial charge < -0.3 is 9.84 Å². The number of hydrogen-bond acceptors (Lipinski definition) is 5. The van der Waals surface area contributed by atoms with Crippen molar-refractivity contribution in [2.75, 3.05) is 0 Å². The van der Waals surface area contributed by atoms with Crippen LogP contribution in [0.1, 0.15) is 53.6 Å². The number of carbonyl (C=O) groups is 2. The first-order chi connectivity index (χ1) is 18.5. The van der Waals surface area contributed by atoms with Gasteiger partial charge in [0.1, 0.15) is 12.4 Å². The summed E-state index contributed by atoms with van der Waals surface area (Å²) in [6, 6.07) is 21.7. The van der Waals surface area contributed by atoms with Crippen molar-refractivity contribution in [1.82, 2.24) is 4.90 Å². The fraction of sp³-hybridized carbons (Fsp3) is 0.233. The van der Waals surface area contributed by atoms with Crippen LogP contribution < -0.4 is 4.74 Å². The average Bonchev–Trinajstić information content (AvgIpc) is 3.23.